The summed E-state index contributed by atoms with van der Waals surface area (Å²) >= 11 is 6.06. The second-order valence-corrected chi connectivity index (χ2v) is 10.6. The molecule has 0 aliphatic rings. The van der Waals surface area contributed by atoms with Crippen molar-refractivity contribution in [2.75, 3.05) is 12.4 Å². The first-order valence-corrected chi connectivity index (χ1v) is 13.8. The van der Waals surface area contributed by atoms with E-state index in [-0.39, 0.29) is 9.92 Å². The Morgan fingerprint density at radius 2 is 1.67 bits per heavy atom. The first kappa shape index (κ1) is 27.7. The molecule has 0 fully saturated rings. The molecule has 4 aromatic rings. The molecule has 0 spiro atoms. The minimum absolute atomic E-state index is 0.0117. The van der Waals surface area contributed by atoms with E-state index in [0.29, 0.717) is 18.0 Å². The zero-order valence-electron chi connectivity index (χ0n) is 21.1. The molecule has 0 saturated carbocycles. The fourth-order valence-electron chi connectivity index (χ4n) is 3.98. The van der Waals surface area contributed by atoms with Crippen LogP contribution in [0.25, 0.3) is 11.1 Å². The van der Waals surface area contributed by atoms with Gasteiger partial charge in [0.15, 0.2) is 5.88 Å². The molecule has 10 heteroatoms. The molecule has 2 amide bonds. The largest absolute Gasteiger partial charge is 0.483 e. The van der Waals surface area contributed by atoms with Crippen LogP contribution in [-0.2, 0) is 21.2 Å². The van der Waals surface area contributed by atoms with Crippen molar-refractivity contribution in [3.05, 3.63) is 126 Å². The maximum absolute atomic E-state index is 13.0. The van der Waals surface area contributed by atoms with E-state index >= 15 is 0 Å². The number of ether oxygens (including phenoxy) is 1. The number of sulfonamides is 1. The maximum atomic E-state index is 13.0. The number of nitrogens with zero attached hydrogens (tertiary/aromatic N) is 1. The molecule has 3 N–H and O–H groups in total. The molecule has 0 aliphatic carbocycles. The predicted octanol–water partition coefficient (Wildman–Crippen LogP) is 5.90. The molecule has 1 atom stereocenters. The predicted molar refractivity (Wildman–Crippen MR) is 153 cm³/mol. The van der Waals surface area contributed by atoms with E-state index in [0.717, 1.165) is 22.4 Å². The Morgan fingerprint density at radius 1 is 0.974 bits per heavy atom. The lowest BCUT2D eigenvalue weighted by Crippen LogP contribution is -2.42. The number of urea groups is 1. The quantitative estimate of drug-likeness (QED) is 0.207. The minimum Gasteiger partial charge on any atom is -0.483 e. The van der Waals surface area contributed by atoms with Gasteiger partial charge in [-0.2, -0.15) is 0 Å². The van der Waals surface area contributed by atoms with Crippen LogP contribution in [0.5, 0.6) is 0 Å². The van der Waals surface area contributed by atoms with Gasteiger partial charge in [-0.1, -0.05) is 72.3 Å². The van der Waals surface area contributed by atoms with Gasteiger partial charge in [-0.15, -0.1) is 0 Å². The Morgan fingerprint density at radius 3 is 2.36 bits per heavy atom. The van der Waals surface area contributed by atoms with Crippen LogP contribution in [0.3, 0.4) is 0 Å². The van der Waals surface area contributed by atoms with E-state index in [1.165, 1.54) is 25.3 Å². The van der Waals surface area contributed by atoms with Crippen LogP contribution in [0.4, 0.5) is 10.5 Å². The summed E-state index contributed by atoms with van der Waals surface area (Å²) in [6.45, 7) is 3.76. The third-order valence-electron chi connectivity index (χ3n) is 5.84. The number of hydrogen-bond acceptors (Lipinski definition) is 6. The summed E-state index contributed by atoms with van der Waals surface area (Å²) in [6.07, 6.45) is 2.01. The molecule has 0 saturated heterocycles. The van der Waals surface area contributed by atoms with Crippen molar-refractivity contribution in [2.45, 2.75) is 17.4 Å². The van der Waals surface area contributed by atoms with Gasteiger partial charge in [0, 0.05) is 17.4 Å². The van der Waals surface area contributed by atoms with Crippen molar-refractivity contribution in [3.8, 4) is 11.1 Å². The fourth-order valence-corrected chi connectivity index (χ4v) is 5.41. The lowest BCUT2D eigenvalue weighted by Gasteiger charge is -2.22. The number of aromatic nitrogens is 1. The Balaban J connectivity index is 1.64. The van der Waals surface area contributed by atoms with Crippen molar-refractivity contribution in [1.82, 2.24) is 15.0 Å². The summed E-state index contributed by atoms with van der Waals surface area (Å²) in [6, 6.07) is 25.2. The maximum Gasteiger partial charge on any atom is 0.329 e. The summed E-state index contributed by atoms with van der Waals surface area (Å²) in [5.41, 5.74) is 3.94. The third kappa shape index (κ3) is 7.16. The number of halogens is 1. The van der Waals surface area contributed by atoms with Crippen molar-refractivity contribution in [2.24, 2.45) is 0 Å². The number of pyridine rings is 1. The molecule has 0 aliphatic heterocycles. The lowest BCUT2D eigenvalue weighted by molar-refractivity contribution is 0.242. The fraction of sp³-hybridized carbons (Fsp3) is 0.103. The molecule has 0 bridgehead atoms. The number of hydrogen-bond donors (Lipinski definition) is 3. The van der Waals surface area contributed by atoms with Gasteiger partial charge in [-0.05, 0) is 54.5 Å². The first-order valence-electron chi connectivity index (χ1n) is 11.9. The van der Waals surface area contributed by atoms with E-state index in [2.05, 4.69) is 26.9 Å². The van der Waals surface area contributed by atoms with Crippen LogP contribution in [0.2, 0.25) is 5.02 Å². The Hall–Kier alpha value is -4.34. The van der Waals surface area contributed by atoms with Gasteiger partial charge in [0.25, 0.3) is 10.0 Å². The summed E-state index contributed by atoms with van der Waals surface area (Å²) in [5, 5.41) is 5.86. The standard InChI is InChI=1S/C29H27ClN4O4S/c1-20(38-2)32-23-16-14-22(15-17-23)24-11-8-18-31-28(24)26(19-21-9-4-3-5-10-21)33-29(35)34-39(36,37)27-13-7-6-12-25(27)30/h3-18,26,32H,1,19H2,2H3,(H2,33,34,35)/t26-/m1/s1. The average Bonchev–Trinajstić information content (AvgIpc) is 2.93. The number of rotatable bonds is 10. The van der Waals surface area contributed by atoms with Gasteiger partial charge < -0.3 is 15.4 Å². The number of amides is 2. The smallest absolute Gasteiger partial charge is 0.329 e. The van der Waals surface area contributed by atoms with E-state index < -0.39 is 22.1 Å². The normalized spacial score (nSPS) is 11.7. The molecule has 39 heavy (non-hydrogen) atoms. The Bertz CT molecular complexity index is 1560. The summed E-state index contributed by atoms with van der Waals surface area (Å²) in [5.74, 6) is 0.412. The van der Waals surface area contributed by atoms with Crippen LogP contribution in [0.1, 0.15) is 17.3 Å². The number of carbonyl (C=O) groups excluding carboxylic acids is 1. The SMILES string of the molecule is C=C(Nc1ccc(-c2cccnc2[C@@H](Cc2ccccc2)NC(=O)NS(=O)(=O)c2ccccc2Cl)cc1)OC. The lowest BCUT2D eigenvalue weighted by atomic mass is 9.95. The molecule has 8 nitrogen and oxygen atoms in total. The topological polar surface area (TPSA) is 109 Å². The zero-order valence-corrected chi connectivity index (χ0v) is 22.7. The van der Waals surface area contributed by atoms with Gasteiger partial charge in [0.2, 0.25) is 0 Å². The molecule has 0 unspecified atom stereocenters. The van der Waals surface area contributed by atoms with Crippen molar-refractivity contribution in [1.29, 1.82) is 0 Å². The summed E-state index contributed by atoms with van der Waals surface area (Å²) in [7, 11) is -2.68. The van der Waals surface area contributed by atoms with E-state index in [1.807, 2.05) is 60.7 Å². The molecular formula is C29H27ClN4O4S. The van der Waals surface area contributed by atoms with Gasteiger partial charge in [-0.3, -0.25) is 4.98 Å². The van der Waals surface area contributed by atoms with Gasteiger partial charge in [0.05, 0.1) is 23.9 Å². The second kappa shape index (κ2) is 12.5. The highest BCUT2D eigenvalue weighted by atomic mass is 35.5. The zero-order chi connectivity index (χ0) is 27.8. The number of benzene rings is 3. The Kier molecular flexibility index (Phi) is 8.85. The van der Waals surface area contributed by atoms with Crippen LogP contribution < -0.4 is 15.4 Å². The summed E-state index contributed by atoms with van der Waals surface area (Å²) < 4.78 is 32.9. The average molecular weight is 563 g/mol. The van der Waals surface area contributed by atoms with Crippen LogP contribution in [0.15, 0.2) is 115 Å². The number of methoxy groups -OCH3 is 1. The molecular weight excluding hydrogens is 536 g/mol. The number of nitrogens with one attached hydrogen (secondary N) is 3. The number of anilines is 1. The molecule has 200 valence electrons. The molecule has 4 rings (SSSR count). The van der Waals surface area contributed by atoms with E-state index in [1.54, 1.807) is 18.3 Å². The van der Waals surface area contributed by atoms with E-state index in [4.69, 9.17) is 16.3 Å². The molecule has 1 aromatic heterocycles. The van der Waals surface area contributed by atoms with Crippen LogP contribution in [0, 0.1) is 0 Å². The highest BCUT2D eigenvalue weighted by molar-refractivity contribution is 7.90. The summed E-state index contributed by atoms with van der Waals surface area (Å²) in [4.78, 5) is 17.4. The van der Waals surface area contributed by atoms with Gasteiger partial charge in [0.1, 0.15) is 4.90 Å². The Labute approximate surface area is 232 Å². The van der Waals surface area contributed by atoms with Crippen LogP contribution >= 0.6 is 11.6 Å². The van der Waals surface area contributed by atoms with Crippen molar-refractivity contribution < 1.29 is 17.9 Å². The van der Waals surface area contributed by atoms with Crippen LogP contribution in [-0.4, -0.2) is 26.5 Å². The first-order chi connectivity index (χ1) is 18.8. The molecule has 3 aromatic carbocycles. The van der Waals surface area contributed by atoms with Gasteiger partial charge in [-0.25, -0.2) is 17.9 Å². The molecule has 0 radical (unpaired) electrons. The van der Waals surface area contributed by atoms with Gasteiger partial charge >= 0.3 is 6.03 Å². The number of carbonyl (C=O) groups is 1. The highest BCUT2D eigenvalue weighted by Gasteiger charge is 2.25. The third-order valence-corrected chi connectivity index (χ3v) is 7.67. The second-order valence-electron chi connectivity index (χ2n) is 8.52. The minimum atomic E-state index is -4.21. The van der Waals surface area contributed by atoms with Crippen molar-refractivity contribution in [3.63, 3.8) is 0 Å². The molecule has 1 heterocycles. The van der Waals surface area contributed by atoms with Crippen molar-refractivity contribution >= 4 is 33.3 Å². The highest BCUT2D eigenvalue weighted by Crippen LogP contribution is 2.30. The monoisotopic (exact) mass is 562 g/mol. The van der Waals surface area contributed by atoms with E-state index in [9.17, 15) is 13.2 Å².